The zero-order valence-corrected chi connectivity index (χ0v) is 9.92. The third kappa shape index (κ3) is 4.94. The lowest BCUT2D eigenvalue weighted by molar-refractivity contribution is 0.598. The highest BCUT2D eigenvalue weighted by Crippen LogP contribution is 2.08. The van der Waals surface area contributed by atoms with E-state index in [-0.39, 0.29) is 12.3 Å². The second-order valence-electron chi connectivity index (χ2n) is 3.23. The number of hydrogen-bond donors (Lipinski definition) is 3. The summed E-state index contributed by atoms with van der Waals surface area (Å²) in [7, 11) is -3.42. The summed E-state index contributed by atoms with van der Waals surface area (Å²) in [6.07, 6.45) is 0. The summed E-state index contributed by atoms with van der Waals surface area (Å²) in [4.78, 5) is 4.22. The van der Waals surface area contributed by atoms with Crippen LogP contribution in [0.15, 0.2) is 18.2 Å². The molecule has 0 fully saturated rings. The molecule has 7 heteroatoms. The largest absolute Gasteiger partial charge is 0.370 e. The van der Waals surface area contributed by atoms with E-state index in [1.54, 1.807) is 6.07 Å². The van der Waals surface area contributed by atoms with Crippen molar-refractivity contribution in [2.45, 2.75) is 6.92 Å². The second-order valence-corrected chi connectivity index (χ2v) is 4.97. The third-order valence-electron chi connectivity index (χ3n) is 1.80. The maximum atomic E-state index is 10.7. The Kier molecular flexibility index (Phi) is 4.51. The van der Waals surface area contributed by atoms with Gasteiger partial charge in [-0.1, -0.05) is 6.07 Å². The summed E-state index contributed by atoms with van der Waals surface area (Å²) in [5.41, 5.74) is 0. The molecule has 16 heavy (non-hydrogen) atoms. The molecule has 0 aliphatic heterocycles. The maximum absolute atomic E-state index is 10.7. The normalized spacial score (nSPS) is 11.1. The Labute approximate surface area is 95.3 Å². The van der Waals surface area contributed by atoms with E-state index in [1.807, 2.05) is 19.1 Å². The number of pyridine rings is 1. The minimum Gasteiger partial charge on any atom is -0.370 e. The van der Waals surface area contributed by atoms with Gasteiger partial charge in [0.15, 0.2) is 0 Å². The molecule has 1 aromatic heterocycles. The van der Waals surface area contributed by atoms with Gasteiger partial charge in [-0.2, -0.15) is 0 Å². The van der Waals surface area contributed by atoms with Crippen molar-refractivity contribution in [1.29, 1.82) is 0 Å². The van der Waals surface area contributed by atoms with Crippen molar-refractivity contribution in [3.8, 4) is 0 Å². The number of sulfonamides is 1. The molecule has 0 saturated heterocycles. The van der Waals surface area contributed by atoms with E-state index in [0.717, 1.165) is 12.4 Å². The quantitative estimate of drug-likeness (QED) is 0.665. The molecule has 0 spiro atoms. The molecule has 0 aliphatic carbocycles. The smallest absolute Gasteiger partial charge is 0.210 e. The average molecular weight is 244 g/mol. The van der Waals surface area contributed by atoms with E-state index in [9.17, 15) is 8.42 Å². The van der Waals surface area contributed by atoms with Crippen LogP contribution in [-0.2, 0) is 10.0 Å². The van der Waals surface area contributed by atoms with Crippen molar-refractivity contribution >= 4 is 21.7 Å². The molecular formula is C9H16N4O2S. The Bertz CT molecular complexity index is 433. The van der Waals surface area contributed by atoms with Gasteiger partial charge < -0.3 is 10.6 Å². The molecule has 1 aromatic rings. The highest BCUT2D eigenvalue weighted by molar-refractivity contribution is 7.89. The summed E-state index contributed by atoms with van der Waals surface area (Å²) in [5, 5.41) is 10.8. The van der Waals surface area contributed by atoms with Gasteiger partial charge in [-0.15, -0.1) is 0 Å². The molecule has 6 nitrogen and oxygen atoms in total. The zero-order chi connectivity index (χ0) is 12.0. The highest BCUT2D eigenvalue weighted by Gasteiger charge is 2.02. The van der Waals surface area contributed by atoms with E-state index < -0.39 is 10.0 Å². The molecule has 1 heterocycles. The van der Waals surface area contributed by atoms with Crippen LogP contribution in [-0.4, -0.2) is 32.2 Å². The van der Waals surface area contributed by atoms with Crippen LogP contribution in [0.4, 0.5) is 11.6 Å². The molecule has 0 aromatic carbocycles. The lowest BCUT2D eigenvalue weighted by atomic mass is 10.4. The number of nitrogens with one attached hydrogen (secondary N) is 2. The number of nitrogens with zero attached hydrogens (tertiary/aromatic N) is 1. The first-order valence-corrected chi connectivity index (χ1v) is 6.68. The Hall–Kier alpha value is -1.34. The van der Waals surface area contributed by atoms with Crippen LogP contribution in [0.2, 0.25) is 0 Å². The number of rotatable bonds is 6. The zero-order valence-electron chi connectivity index (χ0n) is 9.10. The van der Waals surface area contributed by atoms with Crippen LogP contribution >= 0.6 is 0 Å². The predicted molar refractivity (Wildman–Crippen MR) is 64.9 cm³/mol. The van der Waals surface area contributed by atoms with Gasteiger partial charge >= 0.3 is 0 Å². The lowest BCUT2D eigenvalue weighted by Crippen LogP contribution is -2.22. The number of primary sulfonamides is 1. The van der Waals surface area contributed by atoms with E-state index in [4.69, 9.17) is 5.14 Å². The molecule has 90 valence electrons. The summed E-state index contributed by atoms with van der Waals surface area (Å²) in [5.74, 6) is 1.27. The fourth-order valence-electron chi connectivity index (χ4n) is 1.13. The molecule has 0 atom stereocenters. The Morgan fingerprint density at radius 3 is 2.50 bits per heavy atom. The van der Waals surface area contributed by atoms with Gasteiger partial charge in [-0.3, -0.25) is 0 Å². The third-order valence-corrected chi connectivity index (χ3v) is 2.57. The van der Waals surface area contributed by atoms with E-state index in [2.05, 4.69) is 15.6 Å². The number of aromatic nitrogens is 1. The van der Waals surface area contributed by atoms with E-state index in [1.165, 1.54) is 0 Å². The molecular weight excluding hydrogens is 228 g/mol. The molecule has 1 rings (SSSR count). The first kappa shape index (κ1) is 12.7. The van der Waals surface area contributed by atoms with E-state index >= 15 is 0 Å². The first-order valence-electron chi connectivity index (χ1n) is 4.96. The summed E-state index contributed by atoms with van der Waals surface area (Å²) >= 11 is 0. The second kappa shape index (κ2) is 5.66. The van der Waals surface area contributed by atoms with Crippen LogP contribution in [0.3, 0.4) is 0 Å². The van der Waals surface area contributed by atoms with Gasteiger partial charge in [0, 0.05) is 13.1 Å². The minimum atomic E-state index is -3.42. The molecule has 4 N–H and O–H groups in total. The summed E-state index contributed by atoms with van der Waals surface area (Å²) < 4.78 is 21.4. The fraction of sp³-hybridized carbons (Fsp3) is 0.444. The maximum Gasteiger partial charge on any atom is 0.210 e. The van der Waals surface area contributed by atoms with Crippen LogP contribution in [0, 0.1) is 0 Å². The summed E-state index contributed by atoms with van der Waals surface area (Å²) in [6, 6.07) is 5.45. The summed E-state index contributed by atoms with van der Waals surface area (Å²) in [6.45, 7) is 3.01. The van der Waals surface area contributed by atoms with Crippen LogP contribution < -0.4 is 15.8 Å². The highest BCUT2D eigenvalue weighted by atomic mass is 32.2. The van der Waals surface area contributed by atoms with Gasteiger partial charge in [-0.25, -0.2) is 18.5 Å². The van der Waals surface area contributed by atoms with Crippen molar-refractivity contribution in [1.82, 2.24) is 4.98 Å². The molecule has 0 radical (unpaired) electrons. The van der Waals surface area contributed by atoms with Crippen molar-refractivity contribution in [3.05, 3.63) is 18.2 Å². The van der Waals surface area contributed by atoms with Gasteiger partial charge in [0.1, 0.15) is 11.6 Å². The molecule has 0 unspecified atom stereocenters. The Morgan fingerprint density at radius 2 is 1.94 bits per heavy atom. The number of hydrogen-bond acceptors (Lipinski definition) is 5. The van der Waals surface area contributed by atoms with Crippen LogP contribution in [0.1, 0.15) is 6.92 Å². The lowest BCUT2D eigenvalue weighted by Gasteiger charge is -2.07. The predicted octanol–water partition coefficient (Wildman–Crippen LogP) is 0.214. The molecule has 0 aliphatic rings. The molecule has 0 saturated carbocycles. The average Bonchev–Trinajstić information content (AvgIpc) is 2.17. The standard InChI is InChI=1S/C9H16N4O2S/c1-2-11-8-4-3-5-9(13-8)12-6-7-16(10,14)15/h3-5H,2,6-7H2,1H3,(H2,10,14,15)(H2,11,12,13). The van der Waals surface area contributed by atoms with Gasteiger partial charge in [0.2, 0.25) is 10.0 Å². The number of nitrogens with two attached hydrogens (primary N) is 1. The Morgan fingerprint density at radius 1 is 1.31 bits per heavy atom. The SMILES string of the molecule is CCNc1cccc(NCCS(N)(=O)=O)n1. The van der Waals surface area contributed by atoms with Gasteiger partial charge in [-0.05, 0) is 19.1 Å². The molecule has 0 amide bonds. The van der Waals surface area contributed by atoms with Crippen LogP contribution in [0.25, 0.3) is 0 Å². The van der Waals surface area contributed by atoms with Crippen molar-refractivity contribution < 1.29 is 8.42 Å². The fourth-order valence-corrected chi connectivity index (χ4v) is 1.52. The van der Waals surface area contributed by atoms with E-state index in [0.29, 0.717) is 5.82 Å². The first-order chi connectivity index (χ1) is 7.51. The number of anilines is 2. The van der Waals surface area contributed by atoms with Crippen LogP contribution in [0.5, 0.6) is 0 Å². The minimum absolute atomic E-state index is 0.111. The monoisotopic (exact) mass is 244 g/mol. The van der Waals surface area contributed by atoms with Crippen molar-refractivity contribution in [3.63, 3.8) is 0 Å². The van der Waals surface area contributed by atoms with Crippen molar-refractivity contribution in [2.24, 2.45) is 5.14 Å². The van der Waals surface area contributed by atoms with Gasteiger partial charge in [0.05, 0.1) is 5.75 Å². The molecule has 0 bridgehead atoms. The Balaban J connectivity index is 2.51. The van der Waals surface area contributed by atoms with Crippen molar-refractivity contribution in [2.75, 3.05) is 29.5 Å². The van der Waals surface area contributed by atoms with Gasteiger partial charge in [0.25, 0.3) is 0 Å². The topological polar surface area (TPSA) is 97.1 Å².